The van der Waals surface area contributed by atoms with E-state index in [0.717, 1.165) is 69.4 Å². The van der Waals surface area contributed by atoms with Crippen LogP contribution in [0.4, 0.5) is 19.0 Å². The van der Waals surface area contributed by atoms with Gasteiger partial charge in [-0.3, -0.25) is 0 Å². The van der Waals surface area contributed by atoms with Crippen LogP contribution in [-0.2, 0) is 19.0 Å². The van der Waals surface area contributed by atoms with E-state index in [-0.39, 0.29) is 0 Å². The molecule has 1 aromatic heterocycles. The second-order valence-corrected chi connectivity index (χ2v) is 7.77. The molecule has 0 amide bonds. The number of halogens is 3. The van der Waals surface area contributed by atoms with E-state index < -0.39 is 11.7 Å². The van der Waals surface area contributed by atoms with Crippen LogP contribution in [0, 0.1) is 0 Å². The van der Waals surface area contributed by atoms with Crippen molar-refractivity contribution in [2.45, 2.75) is 51.1 Å². The van der Waals surface area contributed by atoms with Gasteiger partial charge in [-0.2, -0.15) is 18.3 Å². The lowest BCUT2D eigenvalue weighted by atomic mass is 10.1. The third-order valence-electron chi connectivity index (χ3n) is 5.74. The predicted octanol–water partition coefficient (Wildman–Crippen LogP) is 4.67. The van der Waals surface area contributed by atoms with Crippen molar-refractivity contribution in [1.29, 1.82) is 0 Å². The minimum atomic E-state index is -4.36. The summed E-state index contributed by atoms with van der Waals surface area (Å²) < 4.78 is 41.2. The number of piperidine rings is 1. The Morgan fingerprint density at radius 1 is 1.04 bits per heavy atom. The Bertz CT molecular complexity index is 806. The molecule has 7 heteroatoms. The molecular formula is C21H27F3N4. The molecule has 0 aliphatic carbocycles. The summed E-state index contributed by atoms with van der Waals surface area (Å²) in [5, 5.41) is 8.19. The van der Waals surface area contributed by atoms with Crippen LogP contribution in [0.3, 0.4) is 0 Å². The standard InChI is InChI=1S/C21H27F3N4/c22-21(23,24)16-7-6-8-17(15-16)28-20-18(9-2-3-11-25-20)19(26-28)10-14-27-12-4-1-5-13-27/h6-8,15,25H,1-5,9-14H2. The van der Waals surface area contributed by atoms with Gasteiger partial charge >= 0.3 is 6.18 Å². The summed E-state index contributed by atoms with van der Waals surface area (Å²) in [6.07, 6.45) is 3.35. The number of hydrogen-bond acceptors (Lipinski definition) is 3. The van der Waals surface area contributed by atoms with Crippen LogP contribution in [-0.4, -0.2) is 40.9 Å². The number of nitrogens with zero attached hydrogens (tertiary/aromatic N) is 3. The number of benzene rings is 1. The maximum absolute atomic E-state index is 13.2. The first kappa shape index (κ1) is 19.3. The fourth-order valence-corrected chi connectivity index (χ4v) is 4.22. The quantitative estimate of drug-likeness (QED) is 0.821. The topological polar surface area (TPSA) is 33.1 Å². The molecule has 0 saturated carbocycles. The number of anilines is 1. The van der Waals surface area contributed by atoms with Crippen molar-refractivity contribution in [3.63, 3.8) is 0 Å². The molecule has 4 nitrogen and oxygen atoms in total. The Balaban J connectivity index is 1.65. The highest BCUT2D eigenvalue weighted by Crippen LogP contribution is 2.33. The van der Waals surface area contributed by atoms with Crippen molar-refractivity contribution in [1.82, 2.24) is 14.7 Å². The van der Waals surface area contributed by atoms with Crippen LogP contribution >= 0.6 is 0 Å². The highest BCUT2D eigenvalue weighted by Gasteiger charge is 2.31. The Labute approximate surface area is 163 Å². The molecule has 2 aliphatic rings. The fourth-order valence-electron chi connectivity index (χ4n) is 4.22. The van der Waals surface area contributed by atoms with Gasteiger partial charge in [-0.25, -0.2) is 4.68 Å². The summed E-state index contributed by atoms with van der Waals surface area (Å²) in [5.74, 6) is 0.866. The molecule has 4 rings (SSSR count). The highest BCUT2D eigenvalue weighted by molar-refractivity contribution is 5.55. The molecule has 1 saturated heterocycles. The van der Waals surface area contributed by atoms with Gasteiger partial charge in [0, 0.05) is 25.1 Å². The van der Waals surface area contributed by atoms with E-state index in [0.29, 0.717) is 5.69 Å². The number of fused-ring (bicyclic) bond motifs is 1. The van der Waals surface area contributed by atoms with Gasteiger partial charge in [0.25, 0.3) is 0 Å². The van der Waals surface area contributed by atoms with Crippen molar-refractivity contribution in [3.05, 3.63) is 41.1 Å². The summed E-state index contributed by atoms with van der Waals surface area (Å²) in [5.41, 5.74) is 2.02. The van der Waals surface area contributed by atoms with E-state index in [9.17, 15) is 13.2 Å². The zero-order valence-corrected chi connectivity index (χ0v) is 16.1. The minimum absolute atomic E-state index is 0.463. The van der Waals surface area contributed by atoms with Crippen LogP contribution in [0.5, 0.6) is 0 Å². The average Bonchev–Trinajstić information content (AvgIpc) is 2.86. The SMILES string of the molecule is FC(F)(F)c1cccc(-n2nc(CCN3CCCCC3)c3c2NCCCC3)c1. The molecule has 2 aliphatic heterocycles. The van der Waals surface area contributed by atoms with Gasteiger partial charge in [-0.05, 0) is 63.4 Å². The van der Waals surface area contributed by atoms with Crippen LogP contribution in [0.2, 0.25) is 0 Å². The Hall–Kier alpha value is -2.02. The number of nitrogens with one attached hydrogen (secondary N) is 1. The normalized spacial score (nSPS) is 18.4. The Morgan fingerprint density at radius 3 is 2.64 bits per heavy atom. The molecule has 1 aromatic carbocycles. The van der Waals surface area contributed by atoms with E-state index in [1.807, 2.05) is 0 Å². The van der Waals surface area contributed by atoms with Crippen LogP contribution in [0.15, 0.2) is 24.3 Å². The van der Waals surface area contributed by atoms with Crippen molar-refractivity contribution in [2.24, 2.45) is 0 Å². The van der Waals surface area contributed by atoms with Crippen molar-refractivity contribution < 1.29 is 13.2 Å². The van der Waals surface area contributed by atoms with E-state index in [1.54, 1.807) is 10.7 Å². The third-order valence-corrected chi connectivity index (χ3v) is 5.74. The lowest BCUT2D eigenvalue weighted by molar-refractivity contribution is -0.137. The molecule has 2 aromatic rings. The van der Waals surface area contributed by atoms with E-state index >= 15 is 0 Å². The van der Waals surface area contributed by atoms with E-state index in [1.165, 1.54) is 37.0 Å². The summed E-state index contributed by atoms with van der Waals surface area (Å²) in [6, 6.07) is 5.45. The summed E-state index contributed by atoms with van der Waals surface area (Å²) in [4.78, 5) is 2.48. The largest absolute Gasteiger partial charge is 0.416 e. The summed E-state index contributed by atoms with van der Waals surface area (Å²) in [6.45, 7) is 4.05. The molecular weight excluding hydrogens is 365 g/mol. The first-order chi connectivity index (χ1) is 13.5. The number of rotatable bonds is 4. The molecule has 1 fully saturated rings. The molecule has 0 spiro atoms. The minimum Gasteiger partial charge on any atom is -0.370 e. The molecule has 28 heavy (non-hydrogen) atoms. The molecule has 1 N–H and O–H groups in total. The summed E-state index contributed by atoms with van der Waals surface area (Å²) in [7, 11) is 0. The molecule has 0 unspecified atom stereocenters. The van der Waals surface area contributed by atoms with Gasteiger partial charge < -0.3 is 10.2 Å². The number of likely N-dealkylation sites (tertiary alicyclic amines) is 1. The van der Waals surface area contributed by atoms with Gasteiger partial charge in [-0.15, -0.1) is 0 Å². The van der Waals surface area contributed by atoms with Crippen LogP contribution in [0.25, 0.3) is 5.69 Å². The van der Waals surface area contributed by atoms with Gasteiger partial charge in [0.2, 0.25) is 0 Å². The first-order valence-corrected chi connectivity index (χ1v) is 10.3. The maximum atomic E-state index is 13.2. The maximum Gasteiger partial charge on any atom is 0.416 e. The highest BCUT2D eigenvalue weighted by atomic mass is 19.4. The zero-order valence-electron chi connectivity index (χ0n) is 16.1. The van der Waals surface area contributed by atoms with E-state index in [4.69, 9.17) is 5.10 Å². The van der Waals surface area contributed by atoms with Crippen molar-refractivity contribution in [2.75, 3.05) is 31.5 Å². The zero-order chi connectivity index (χ0) is 19.6. The number of hydrogen-bond donors (Lipinski definition) is 1. The third kappa shape index (κ3) is 4.19. The summed E-state index contributed by atoms with van der Waals surface area (Å²) >= 11 is 0. The Kier molecular flexibility index (Phi) is 5.62. The fraction of sp³-hybridized carbons (Fsp3) is 0.571. The molecule has 3 heterocycles. The molecule has 0 radical (unpaired) electrons. The van der Waals surface area contributed by atoms with Crippen molar-refractivity contribution in [3.8, 4) is 5.69 Å². The van der Waals surface area contributed by atoms with Crippen LogP contribution < -0.4 is 5.32 Å². The van der Waals surface area contributed by atoms with Gasteiger partial charge in [0.1, 0.15) is 5.82 Å². The second kappa shape index (κ2) is 8.15. The lowest BCUT2D eigenvalue weighted by Gasteiger charge is -2.26. The van der Waals surface area contributed by atoms with Gasteiger partial charge in [0.05, 0.1) is 16.9 Å². The monoisotopic (exact) mass is 392 g/mol. The average molecular weight is 392 g/mol. The van der Waals surface area contributed by atoms with Crippen LogP contribution in [0.1, 0.15) is 48.9 Å². The van der Waals surface area contributed by atoms with Gasteiger partial charge in [-0.1, -0.05) is 12.5 Å². The first-order valence-electron chi connectivity index (χ1n) is 10.3. The number of aromatic nitrogens is 2. The van der Waals surface area contributed by atoms with Gasteiger partial charge in [0.15, 0.2) is 0 Å². The van der Waals surface area contributed by atoms with Crippen molar-refractivity contribution >= 4 is 5.82 Å². The Morgan fingerprint density at radius 2 is 1.86 bits per heavy atom. The molecule has 152 valence electrons. The predicted molar refractivity (Wildman–Crippen MR) is 104 cm³/mol. The smallest absolute Gasteiger partial charge is 0.370 e. The molecule has 0 atom stereocenters. The second-order valence-electron chi connectivity index (χ2n) is 7.77. The number of alkyl halides is 3. The van der Waals surface area contributed by atoms with E-state index in [2.05, 4.69) is 10.2 Å². The molecule has 0 bridgehead atoms. The lowest BCUT2D eigenvalue weighted by Crippen LogP contribution is -2.31.